The van der Waals surface area contributed by atoms with E-state index in [9.17, 15) is 10.1 Å². The van der Waals surface area contributed by atoms with E-state index in [-0.39, 0.29) is 12.0 Å². The number of carbonyl (C=O) groups is 1. The second-order valence-electron chi connectivity index (χ2n) is 7.21. The topological polar surface area (TPSA) is 60.2 Å². The number of hydrogen-bond acceptors (Lipinski definition) is 4. The third-order valence-corrected chi connectivity index (χ3v) is 5.48. The summed E-state index contributed by atoms with van der Waals surface area (Å²) in [4.78, 5) is 21.3. The summed E-state index contributed by atoms with van der Waals surface area (Å²) in [6, 6.07) is 4.47. The molecule has 5 nitrogen and oxygen atoms in total. The number of aryl methyl sites for hydroxylation is 2. The third-order valence-electron chi connectivity index (χ3n) is 5.48. The molecule has 0 aromatic carbocycles. The molecule has 24 heavy (non-hydrogen) atoms. The van der Waals surface area contributed by atoms with Gasteiger partial charge < -0.3 is 9.80 Å². The highest BCUT2D eigenvalue weighted by molar-refractivity contribution is 5.79. The lowest BCUT2D eigenvalue weighted by atomic mass is 9.84. The van der Waals surface area contributed by atoms with Gasteiger partial charge in [-0.3, -0.25) is 4.79 Å². The lowest BCUT2D eigenvalue weighted by Gasteiger charge is -2.40. The predicted molar refractivity (Wildman–Crippen MR) is 93.8 cm³/mol. The number of aromatic nitrogens is 1. The van der Waals surface area contributed by atoms with Crippen LogP contribution in [-0.2, 0) is 4.79 Å². The third kappa shape index (κ3) is 3.10. The smallest absolute Gasteiger partial charge is 0.225 e. The zero-order chi connectivity index (χ0) is 17.3. The van der Waals surface area contributed by atoms with E-state index in [1.165, 1.54) is 6.42 Å². The Morgan fingerprint density at radius 2 is 2.08 bits per heavy atom. The van der Waals surface area contributed by atoms with Crippen molar-refractivity contribution >= 4 is 11.7 Å². The Kier molecular flexibility index (Phi) is 4.75. The van der Waals surface area contributed by atoms with Gasteiger partial charge in [0.05, 0.1) is 5.56 Å². The summed E-state index contributed by atoms with van der Waals surface area (Å²) in [5.41, 5.74) is 2.57. The van der Waals surface area contributed by atoms with Crippen LogP contribution in [0.3, 0.4) is 0 Å². The van der Waals surface area contributed by atoms with Gasteiger partial charge in [0.2, 0.25) is 5.91 Å². The van der Waals surface area contributed by atoms with Crippen molar-refractivity contribution in [3.05, 3.63) is 22.9 Å². The summed E-state index contributed by atoms with van der Waals surface area (Å²) < 4.78 is 0. The van der Waals surface area contributed by atoms with Gasteiger partial charge in [-0.1, -0.05) is 6.42 Å². The van der Waals surface area contributed by atoms with E-state index in [1.54, 1.807) is 0 Å². The Hall–Kier alpha value is -2.09. The monoisotopic (exact) mass is 326 g/mol. The standard InChI is InChI=1S/C19H26N4O/c1-13-10-14(2)21-18(17(13)11-20)23-9-5-8-16(12-23)22(3)19(24)15-6-4-7-15/h10,15-16H,4-9,12H2,1-3H3. The molecule has 0 radical (unpaired) electrons. The van der Waals surface area contributed by atoms with Crippen molar-refractivity contribution < 1.29 is 4.79 Å². The van der Waals surface area contributed by atoms with E-state index < -0.39 is 0 Å². The van der Waals surface area contributed by atoms with Crippen molar-refractivity contribution in [2.75, 3.05) is 25.0 Å². The van der Waals surface area contributed by atoms with Gasteiger partial charge in [-0.25, -0.2) is 4.98 Å². The van der Waals surface area contributed by atoms with Crippen LogP contribution in [0, 0.1) is 31.1 Å². The van der Waals surface area contributed by atoms with E-state index in [0.717, 1.165) is 55.8 Å². The molecule has 1 aromatic rings. The SMILES string of the molecule is Cc1cc(C)c(C#N)c(N2CCCC(N(C)C(=O)C3CCC3)C2)n1. The molecule has 1 saturated heterocycles. The van der Waals surface area contributed by atoms with Crippen LogP contribution in [0.15, 0.2) is 6.07 Å². The quantitative estimate of drug-likeness (QED) is 0.857. The Balaban J connectivity index is 1.79. The van der Waals surface area contributed by atoms with Crippen molar-refractivity contribution in [3.8, 4) is 6.07 Å². The number of rotatable bonds is 3. The van der Waals surface area contributed by atoms with Gasteiger partial charge in [-0.05, 0) is 51.2 Å². The first-order valence-electron chi connectivity index (χ1n) is 8.91. The Morgan fingerprint density at radius 3 is 2.71 bits per heavy atom. The minimum absolute atomic E-state index is 0.209. The van der Waals surface area contributed by atoms with Crippen LogP contribution in [0.25, 0.3) is 0 Å². The van der Waals surface area contributed by atoms with Gasteiger partial charge in [-0.2, -0.15) is 5.26 Å². The van der Waals surface area contributed by atoms with Crippen molar-refractivity contribution in [2.45, 2.75) is 52.0 Å². The van der Waals surface area contributed by atoms with Crippen LogP contribution < -0.4 is 4.90 Å². The van der Waals surface area contributed by atoms with Crippen LogP contribution in [0.4, 0.5) is 5.82 Å². The molecule has 1 aliphatic heterocycles. The minimum Gasteiger partial charge on any atom is -0.353 e. The first kappa shape index (κ1) is 16.8. The molecule has 1 atom stereocenters. The van der Waals surface area contributed by atoms with E-state index in [4.69, 9.17) is 0 Å². The maximum Gasteiger partial charge on any atom is 0.225 e. The number of carbonyl (C=O) groups excluding carboxylic acids is 1. The number of nitriles is 1. The van der Waals surface area contributed by atoms with Gasteiger partial charge in [0, 0.05) is 37.8 Å². The molecule has 1 saturated carbocycles. The summed E-state index contributed by atoms with van der Waals surface area (Å²) in [7, 11) is 1.94. The molecule has 0 spiro atoms. The number of hydrogen-bond donors (Lipinski definition) is 0. The number of likely N-dealkylation sites (N-methyl/N-ethyl adjacent to an activating group) is 1. The molecule has 3 rings (SSSR count). The lowest BCUT2D eigenvalue weighted by Crippen LogP contribution is -2.51. The van der Waals surface area contributed by atoms with Crippen molar-refractivity contribution in [1.29, 1.82) is 5.26 Å². The highest BCUT2D eigenvalue weighted by atomic mass is 16.2. The van der Waals surface area contributed by atoms with E-state index in [1.807, 2.05) is 31.9 Å². The van der Waals surface area contributed by atoms with Crippen LogP contribution >= 0.6 is 0 Å². The summed E-state index contributed by atoms with van der Waals surface area (Å²) in [5.74, 6) is 1.31. The number of piperidine rings is 1. The second kappa shape index (κ2) is 6.80. The lowest BCUT2D eigenvalue weighted by molar-refractivity contribution is -0.139. The van der Waals surface area contributed by atoms with Crippen LogP contribution in [0.5, 0.6) is 0 Å². The van der Waals surface area contributed by atoms with Crippen molar-refractivity contribution in [2.24, 2.45) is 5.92 Å². The Bertz CT molecular complexity index is 675. The molecular weight excluding hydrogens is 300 g/mol. The number of nitrogens with zero attached hydrogens (tertiary/aromatic N) is 4. The molecule has 5 heteroatoms. The maximum atomic E-state index is 12.5. The van der Waals surface area contributed by atoms with Gasteiger partial charge >= 0.3 is 0 Å². The van der Waals surface area contributed by atoms with Crippen molar-refractivity contribution in [1.82, 2.24) is 9.88 Å². The van der Waals surface area contributed by atoms with Gasteiger partial charge in [0.15, 0.2) is 0 Å². The average Bonchev–Trinajstić information content (AvgIpc) is 2.52. The molecule has 2 aliphatic rings. The second-order valence-corrected chi connectivity index (χ2v) is 7.21. The molecule has 128 valence electrons. The van der Waals surface area contributed by atoms with Gasteiger partial charge in [0.25, 0.3) is 0 Å². The number of pyridine rings is 1. The number of anilines is 1. The van der Waals surface area contributed by atoms with Gasteiger partial charge in [0.1, 0.15) is 11.9 Å². The molecule has 2 fully saturated rings. The largest absolute Gasteiger partial charge is 0.353 e. The van der Waals surface area contributed by atoms with Crippen LogP contribution in [-0.4, -0.2) is 42.0 Å². The molecular formula is C19H26N4O. The summed E-state index contributed by atoms with van der Waals surface area (Å²) in [6.07, 6.45) is 5.30. The highest BCUT2D eigenvalue weighted by Crippen LogP contribution is 2.31. The van der Waals surface area contributed by atoms with E-state index in [0.29, 0.717) is 11.5 Å². The molecule has 1 unspecified atom stereocenters. The summed E-state index contributed by atoms with van der Waals surface area (Å²) in [5, 5.41) is 9.52. The summed E-state index contributed by atoms with van der Waals surface area (Å²) in [6.45, 7) is 5.59. The first-order valence-corrected chi connectivity index (χ1v) is 8.91. The fourth-order valence-corrected chi connectivity index (χ4v) is 3.77. The normalized spacial score (nSPS) is 21.1. The average molecular weight is 326 g/mol. The van der Waals surface area contributed by atoms with Crippen LogP contribution in [0.2, 0.25) is 0 Å². The Morgan fingerprint density at radius 1 is 1.33 bits per heavy atom. The predicted octanol–water partition coefficient (Wildman–Crippen LogP) is 2.80. The molecule has 2 heterocycles. The molecule has 1 aliphatic carbocycles. The fourth-order valence-electron chi connectivity index (χ4n) is 3.77. The highest BCUT2D eigenvalue weighted by Gasteiger charge is 2.33. The first-order chi connectivity index (χ1) is 11.5. The zero-order valence-corrected chi connectivity index (χ0v) is 14.9. The molecule has 0 N–H and O–H groups in total. The molecule has 0 bridgehead atoms. The zero-order valence-electron chi connectivity index (χ0n) is 14.9. The molecule has 1 amide bonds. The number of amides is 1. The minimum atomic E-state index is 0.209. The fraction of sp³-hybridized carbons (Fsp3) is 0.632. The maximum absolute atomic E-state index is 12.5. The Labute approximate surface area is 144 Å². The molecule has 1 aromatic heterocycles. The van der Waals surface area contributed by atoms with E-state index in [2.05, 4.69) is 16.0 Å². The van der Waals surface area contributed by atoms with Gasteiger partial charge in [-0.15, -0.1) is 0 Å². The van der Waals surface area contributed by atoms with Crippen molar-refractivity contribution in [3.63, 3.8) is 0 Å². The van der Waals surface area contributed by atoms with E-state index >= 15 is 0 Å². The van der Waals surface area contributed by atoms with Crippen LogP contribution in [0.1, 0.15) is 48.9 Å². The summed E-state index contributed by atoms with van der Waals surface area (Å²) >= 11 is 0.